The standard InChI is InChI=1S/C14H15F2NO3/c1-8(18)17(10-4-5-10)14(2,13(19)20)11-7-9(15)3-6-12(11)16/h3,6-7,10H,4-5H2,1-2H3,(H,19,20). The lowest BCUT2D eigenvalue weighted by Gasteiger charge is -2.38. The van der Waals surface area contributed by atoms with Crippen LogP contribution in [-0.2, 0) is 15.1 Å². The van der Waals surface area contributed by atoms with E-state index in [2.05, 4.69) is 0 Å². The third-order valence-electron chi connectivity index (χ3n) is 3.60. The predicted molar refractivity (Wildman–Crippen MR) is 66.9 cm³/mol. The van der Waals surface area contributed by atoms with E-state index in [1.807, 2.05) is 0 Å². The Morgan fingerprint density at radius 1 is 1.35 bits per heavy atom. The molecule has 1 amide bonds. The molecule has 0 heterocycles. The van der Waals surface area contributed by atoms with Crippen LogP contribution in [0.15, 0.2) is 18.2 Å². The maximum atomic E-state index is 14.0. The molecule has 1 aliphatic carbocycles. The zero-order chi connectivity index (χ0) is 15.1. The van der Waals surface area contributed by atoms with Crippen molar-refractivity contribution in [3.63, 3.8) is 0 Å². The summed E-state index contributed by atoms with van der Waals surface area (Å²) in [6, 6.07) is 2.38. The zero-order valence-corrected chi connectivity index (χ0v) is 11.2. The van der Waals surface area contributed by atoms with Gasteiger partial charge in [-0.2, -0.15) is 0 Å². The van der Waals surface area contributed by atoms with Crippen molar-refractivity contribution in [2.45, 2.75) is 38.3 Å². The number of benzene rings is 1. The van der Waals surface area contributed by atoms with Crippen LogP contribution in [0.5, 0.6) is 0 Å². The molecule has 20 heavy (non-hydrogen) atoms. The fraction of sp³-hybridized carbons (Fsp3) is 0.429. The number of nitrogens with zero attached hydrogens (tertiary/aromatic N) is 1. The number of hydrogen-bond acceptors (Lipinski definition) is 2. The number of amides is 1. The van der Waals surface area contributed by atoms with Gasteiger partial charge in [-0.3, -0.25) is 4.79 Å². The lowest BCUT2D eigenvalue weighted by atomic mass is 9.89. The molecule has 1 aromatic carbocycles. The molecule has 1 N–H and O–H groups in total. The Morgan fingerprint density at radius 3 is 2.40 bits per heavy atom. The molecule has 1 aliphatic rings. The first-order valence-electron chi connectivity index (χ1n) is 6.27. The van der Waals surface area contributed by atoms with Crippen molar-refractivity contribution < 1.29 is 23.5 Å². The van der Waals surface area contributed by atoms with Crippen LogP contribution < -0.4 is 0 Å². The van der Waals surface area contributed by atoms with Gasteiger partial charge in [0.05, 0.1) is 0 Å². The number of aliphatic carboxylic acids is 1. The minimum absolute atomic E-state index is 0.240. The Labute approximate surface area is 115 Å². The summed E-state index contributed by atoms with van der Waals surface area (Å²) in [6.45, 7) is 2.46. The topological polar surface area (TPSA) is 57.6 Å². The molecule has 108 valence electrons. The number of carbonyl (C=O) groups is 2. The molecule has 1 saturated carbocycles. The van der Waals surface area contributed by atoms with E-state index in [4.69, 9.17) is 0 Å². The number of carboxylic acids is 1. The molecule has 0 spiro atoms. The Hall–Kier alpha value is -1.98. The van der Waals surface area contributed by atoms with E-state index < -0.39 is 29.0 Å². The van der Waals surface area contributed by atoms with E-state index in [0.29, 0.717) is 12.8 Å². The monoisotopic (exact) mass is 283 g/mol. The molecule has 0 aliphatic heterocycles. The lowest BCUT2D eigenvalue weighted by molar-refractivity contribution is -0.159. The highest BCUT2D eigenvalue weighted by Gasteiger charge is 2.50. The van der Waals surface area contributed by atoms with E-state index in [0.717, 1.165) is 23.1 Å². The Kier molecular flexibility index (Phi) is 3.50. The molecule has 1 atom stereocenters. The lowest BCUT2D eigenvalue weighted by Crippen LogP contribution is -2.53. The third-order valence-corrected chi connectivity index (χ3v) is 3.60. The summed E-state index contributed by atoms with van der Waals surface area (Å²) in [4.78, 5) is 24.6. The molecule has 1 aromatic rings. The van der Waals surface area contributed by atoms with Crippen LogP contribution in [0.4, 0.5) is 8.78 Å². The van der Waals surface area contributed by atoms with Gasteiger partial charge in [0, 0.05) is 18.5 Å². The van der Waals surface area contributed by atoms with E-state index >= 15 is 0 Å². The minimum Gasteiger partial charge on any atom is -0.479 e. The Balaban J connectivity index is 2.61. The number of carbonyl (C=O) groups excluding carboxylic acids is 1. The first-order valence-corrected chi connectivity index (χ1v) is 6.27. The molecule has 2 rings (SSSR count). The molecule has 0 bridgehead atoms. The van der Waals surface area contributed by atoms with Crippen molar-refractivity contribution in [3.05, 3.63) is 35.4 Å². The van der Waals surface area contributed by atoms with Crippen LogP contribution in [0, 0.1) is 11.6 Å². The molecule has 6 heteroatoms. The molecule has 4 nitrogen and oxygen atoms in total. The summed E-state index contributed by atoms with van der Waals surface area (Å²) in [7, 11) is 0. The van der Waals surface area contributed by atoms with Gasteiger partial charge >= 0.3 is 5.97 Å². The van der Waals surface area contributed by atoms with Crippen LogP contribution in [0.25, 0.3) is 0 Å². The quantitative estimate of drug-likeness (QED) is 0.922. The van der Waals surface area contributed by atoms with Crippen LogP contribution in [0.2, 0.25) is 0 Å². The van der Waals surface area contributed by atoms with E-state index in [-0.39, 0.29) is 11.6 Å². The fourth-order valence-electron chi connectivity index (χ4n) is 2.49. The molecule has 1 fully saturated rings. The summed E-state index contributed by atoms with van der Waals surface area (Å²) in [6.07, 6.45) is 1.33. The Bertz CT molecular complexity index is 572. The van der Waals surface area contributed by atoms with Crippen molar-refractivity contribution >= 4 is 11.9 Å². The summed E-state index contributed by atoms with van der Waals surface area (Å²) in [5, 5.41) is 9.51. The van der Waals surface area contributed by atoms with Crippen LogP contribution >= 0.6 is 0 Å². The van der Waals surface area contributed by atoms with Gasteiger partial charge in [-0.1, -0.05) is 0 Å². The van der Waals surface area contributed by atoms with E-state index in [1.165, 1.54) is 13.8 Å². The van der Waals surface area contributed by atoms with Crippen molar-refractivity contribution in [2.75, 3.05) is 0 Å². The van der Waals surface area contributed by atoms with Gasteiger partial charge in [0.25, 0.3) is 0 Å². The van der Waals surface area contributed by atoms with Crippen molar-refractivity contribution in [1.82, 2.24) is 4.90 Å². The van der Waals surface area contributed by atoms with E-state index in [1.54, 1.807) is 0 Å². The van der Waals surface area contributed by atoms with Gasteiger partial charge in [-0.15, -0.1) is 0 Å². The van der Waals surface area contributed by atoms with Gasteiger partial charge in [-0.25, -0.2) is 13.6 Å². The van der Waals surface area contributed by atoms with Gasteiger partial charge in [0.1, 0.15) is 11.6 Å². The summed E-state index contributed by atoms with van der Waals surface area (Å²) in [5.41, 5.74) is -2.26. The van der Waals surface area contributed by atoms with Crippen molar-refractivity contribution in [1.29, 1.82) is 0 Å². The molecule has 1 unspecified atom stereocenters. The van der Waals surface area contributed by atoms with Gasteiger partial charge < -0.3 is 10.0 Å². The first kappa shape index (κ1) is 14.4. The highest BCUT2D eigenvalue weighted by Crippen LogP contribution is 2.40. The zero-order valence-electron chi connectivity index (χ0n) is 11.2. The molecule has 0 radical (unpaired) electrons. The fourth-order valence-corrected chi connectivity index (χ4v) is 2.49. The molecule has 0 saturated heterocycles. The molecular formula is C14H15F2NO3. The first-order chi connectivity index (χ1) is 9.28. The average molecular weight is 283 g/mol. The van der Waals surface area contributed by atoms with Crippen LogP contribution in [0.1, 0.15) is 32.3 Å². The normalized spacial score (nSPS) is 17.4. The smallest absolute Gasteiger partial charge is 0.334 e. The van der Waals surface area contributed by atoms with Gasteiger partial charge in [0.15, 0.2) is 5.54 Å². The largest absolute Gasteiger partial charge is 0.479 e. The predicted octanol–water partition coefficient (Wildman–Crippen LogP) is 2.28. The Morgan fingerprint density at radius 2 is 1.95 bits per heavy atom. The van der Waals surface area contributed by atoms with Crippen molar-refractivity contribution in [3.8, 4) is 0 Å². The molecular weight excluding hydrogens is 268 g/mol. The molecule has 0 aromatic heterocycles. The number of halogens is 2. The maximum absolute atomic E-state index is 14.0. The minimum atomic E-state index is -1.92. The van der Waals surface area contributed by atoms with Crippen LogP contribution in [0.3, 0.4) is 0 Å². The number of hydrogen-bond donors (Lipinski definition) is 1. The number of carboxylic acid groups (broad SMARTS) is 1. The van der Waals surface area contributed by atoms with Crippen molar-refractivity contribution in [2.24, 2.45) is 0 Å². The third kappa shape index (κ3) is 2.26. The second-order valence-electron chi connectivity index (χ2n) is 5.12. The second-order valence-corrected chi connectivity index (χ2v) is 5.12. The average Bonchev–Trinajstić information content (AvgIpc) is 3.15. The number of rotatable bonds is 4. The van der Waals surface area contributed by atoms with E-state index in [9.17, 15) is 23.5 Å². The maximum Gasteiger partial charge on any atom is 0.334 e. The van der Waals surface area contributed by atoms with Crippen LogP contribution in [-0.4, -0.2) is 27.9 Å². The summed E-state index contributed by atoms with van der Waals surface area (Å²) in [5.74, 6) is -3.44. The van der Waals surface area contributed by atoms with Gasteiger partial charge in [0.2, 0.25) is 5.91 Å². The summed E-state index contributed by atoms with van der Waals surface area (Å²) >= 11 is 0. The summed E-state index contributed by atoms with van der Waals surface area (Å²) < 4.78 is 27.3. The second kappa shape index (κ2) is 4.85. The van der Waals surface area contributed by atoms with Gasteiger partial charge in [-0.05, 0) is 38.0 Å². The SMILES string of the molecule is CC(=O)N(C1CC1)C(C)(C(=O)O)c1cc(F)ccc1F. The highest BCUT2D eigenvalue weighted by molar-refractivity contribution is 5.87. The highest BCUT2D eigenvalue weighted by atomic mass is 19.1.